The maximum absolute atomic E-state index is 12.6. The number of amides is 1. The number of benzene rings is 1. The van der Waals surface area contributed by atoms with Crippen LogP contribution in [-0.4, -0.2) is 39.5 Å². The van der Waals surface area contributed by atoms with E-state index in [-0.39, 0.29) is 10.9 Å². The summed E-state index contributed by atoms with van der Waals surface area (Å²) in [5, 5.41) is 1.33. The van der Waals surface area contributed by atoms with E-state index in [1.165, 1.54) is 17.7 Å². The van der Waals surface area contributed by atoms with Crippen molar-refractivity contribution in [3.63, 3.8) is 0 Å². The van der Waals surface area contributed by atoms with Crippen LogP contribution in [0.4, 0.5) is 0 Å². The second-order valence-electron chi connectivity index (χ2n) is 7.41. The van der Waals surface area contributed by atoms with Crippen LogP contribution in [0.2, 0.25) is 18.1 Å². The SMILES string of the molecule is CON(C)C(=O)C(CCc1ccccc1)O[Si](C)(C)C(C)(C)C. The number of hydrogen-bond donors (Lipinski definition) is 0. The molecule has 0 N–H and O–H groups in total. The number of aryl methyl sites for hydroxylation is 1. The van der Waals surface area contributed by atoms with E-state index in [1.807, 2.05) is 18.2 Å². The third-order valence-electron chi connectivity index (χ3n) is 4.64. The lowest BCUT2D eigenvalue weighted by atomic mass is 10.1. The number of hydrogen-bond acceptors (Lipinski definition) is 3. The highest BCUT2D eigenvalue weighted by molar-refractivity contribution is 6.74. The molecule has 0 aliphatic rings. The Labute approximate surface area is 141 Å². The fourth-order valence-corrected chi connectivity index (χ4v) is 3.28. The Bertz CT molecular complexity index is 497. The molecule has 0 spiro atoms. The van der Waals surface area contributed by atoms with Gasteiger partial charge in [0.15, 0.2) is 8.32 Å². The van der Waals surface area contributed by atoms with Crippen LogP contribution in [0.25, 0.3) is 0 Å². The minimum Gasteiger partial charge on any atom is -0.405 e. The van der Waals surface area contributed by atoms with Gasteiger partial charge in [-0.15, -0.1) is 0 Å². The summed E-state index contributed by atoms with van der Waals surface area (Å²) in [6.45, 7) is 10.9. The number of likely N-dealkylation sites (N-methyl/N-ethyl adjacent to an activating group) is 1. The van der Waals surface area contributed by atoms with E-state index < -0.39 is 14.4 Å². The summed E-state index contributed by atoms with van der Waals surface area (Å²) in [6, 6.07) is 10.2. The van der Waals surface area contributed by atoms with Crippen molar-refractivity contribution in [1.82, 2.24) is 5.06 Å². The van der Waals surface area contributed by atoms with Crippen molar-refractivity contribution in [2.24, 2.45) is 0 Å². The zero-order valence-electron chi connectivity index (χ0n) is 15.6. The predicted octanol–water partition coefficient (Wildman–Crippen LogP) is 4.03. The van der Waals surface area contributed by atoms with Crippen LogP contribution in [-0.2, 0) is 20.5 Å². The number of carbonyl (C=O) groups is 1. The van der Waals surface area contributed by atoms with Gasteiger partial charge in [0.25, 0.3) is 5.91 Å². The Kier molecular flexibility index (Phi) is 6.98. The molecule has 1 unspecified atom stereocenters. The second kappa shape index (κ2) is 8.08. The molecule has 0 aromatic heterocycles. The smallest absolute Gasteiger partial charge is 0.273 e. The maximum atomic E-state index is 12.6. The van der Waals surface area contributed by atoms with Crippen LogP contribution < -0.4 is 0 Å². The second-order valence-corrected chi connectivity index (χ2v) is 12.2. The Morgan fingerprint density at radius 2 is 1.78 bits per heavy atom. The fourth-order valence-electron chi connectivity index (χ4n) is 2.00. The molecule has 0 radical (unpaired) electrons. The van der Waals surface area contributed by atoms with Gasteiger partial charge in [0, 0.05) is 7.05 Å². The third-order valence-corrected chi connectivity index (χ3v) is 9.13. The van der Waals surface area contributed by atoms with Crippen molar-refractivity contribution in [3.8, 4) is 0 Å². The minimum atomic E-state index is -2.03. The molecule has 130 valence electrons. The van der Waals surface area contributed by atoms with Gasteiger partial charge in [0.1, 0.15) is 6.10 Å². The molecule has 0 heterocycles. The highest BCUT2D eigenvalue weighted by Gasteiger charge is 2.41. The normalized spacial score (nSPS) is 13.7. The zero-order chi connectivity index (χ0) is 17.7. The summed E-state index contributed by atoms with van der Waals surface area (Å²) in [5.74, 6) is -0.117. The molecule has 1 atom stereocenters. The van der Waals surface area contributed by atoms with Gasteiger partial charge in [-0.05, 0) is 36.5 Å². The van der Waals surface area contributed by atoms with Gasteiger partial charge in [0.05, 0.1) is 7.11 Å². The Morgan fingerprint density at radius 3 is 2.26 bits per heavy atom. The lowest BCUT2D eigenvalue weighted by Gasteiger charge is -2.39. The van der Waals surface area contributed by atoms with E-state index in [4.69, 9.17) is 9.26 Å². The van der Waals surface area contributed by atoms with Crippen molar-refractivity contribution in [1.29, 1.82) is 0 Å². The highest BCUT2D eigenvalue weighted by Crippen LogP contribution is 2.37. The maximum Gasteiger partial charge on any atom is 0.273 e. The first-order chi connectivity index (χ1) is 10.6. The first kappa shape index (κ1) is 19.9. The number of nitrogens with zero attached hydrogens (tertiary/aromatic N) is 1. The lowest BCUT2D eigenvalue weighted by Crippen LogP contribution is -2.49. The van der Waals surface area contributed by atoms with Crippen LogP contribution in [0, 0.1) is 0 Å². The lowest BCUT2D eigenvalue weighted by molar-refractivity contribution is -0.177. The van der Waals surface area contributed by atoms with E-state index in [9.17, 15) is 4.79 Å². The van der Waals surface area contributed by atoms with Gasteiger partial charge in [-0.1, -0.05) is 51.1 Å². The van der Waals surface area contributed by atoms with Crippen LogP contribution in [0.1, 0.15) is 32.8 Å². The third kappa shape index (κ3) is 5.75. The first-order valence-corrected chi connectivity index (χ1v) is 11.0. The topological polar surface area (TPSA) is 38.8 Å². The molecular formula is C18H31NO3Si. The summed E-state index contributed by atoms with van der Waals surface area (Å²) in [4.78, 5) is 17.7. The summed E-state index contributed by atoms with van der Waals surface area (Å²) < 4.78 is 6.38. The fraction of sp³-hybridized carbons (Fsp3) is 0.611. The van der Waals surface area contributed by atoms with Crippen molar-refractivity contribution in [2.45, 2.75) is 57.8 Å². The van der Waals surface area contributed by atoms with E-state index in [0.29, 0.717) is 6.42 Å². The molecular weight excluding hydrogens is 306 g/mol. The van der Waals surface area contributed by atoms with Gasteiger partial charge < -0.3 is 4.43 Å². The average Bonchev–Trinajstić information content (AvgIpc) is 2.49. The average molecular weight is 338 g/mol. The first-order valence-electron chi connectivity index (χ1n) is 8.12. The molecule has 4 nitrogen and oxygen atoms in total. The highest BCUT2D eigenvalue weighted by atomic mass is 28.4. The molecule has 0 aliphatic heterocycles. The molecule has 5 heteroatoms. The van der Waals surface area contributed by atoms with E-state index in [0.717, 1.165) is 6.42 Å². The quantitative estimate of drug-likeness (QED) is 0.557. The molecule has 0 bridgehead atoms. The number of hydroxylamine groups is 2. The van der Waals surface area contributed by atoms with E-state index in [2.05, 4.69) is 46.0 Å². The van der Waals surface area contributed by atoms with Crippen LogP contribution >= 0.6 is 0 Å². The van der Waals surface area contributed by atoms with Crippen LogP contribution in [0.15, 0.2) is 30.3 Å². The number of rotatable bonds is 7. The van der Waals surface area contributed by atoms with Gasteiger partial charge in [-0.25, -0.2) is 5.06 Å². The van der Waals surface area contributed by atoms with Crippen LogP contribution in [0.5, 0.6) is 0 Å². The standard InChI is InChI=1S/C18H31NO3Si/c1-18(2,3)23(6,7)22-16(17(20)19(4)21-5)14-13-15-11-9-8-10-12-15/h8-12,16H,13-14H2,1-7H3. The summed E-state index contributed by atoms with van der Waals surface area (Å²) in [7, 11) is 1.10. The molecule has 1 aromatic carbocycles. The molecule has 0 aliphatic carbocycles. The van der Waals surface area contributed by atoms with E-state index in [1.54, 1.807) is 7.05 Å². The molecule has 0 saturated carbocycles. The van der Waals surface area contributed by atoms with Gasteiger partial charge >= 0.3 is 0 Å². The molecule has 1 amide bonds. The van der Waals surface area contributed by atoms with Crippen molar-refractivity contribution < 1.29 is 14.1 Å². The van der Waals surface area contributed by atoms with Crippen molar-refractivity contribution >= 4 is 14.2 Å². The molecule has 1 rings (SSSR count). The molecule has 0 fully saturated rings. The summed E-state index contributed by atoms with van der Waals surface area (Å²) in [5.41, 5.74) is 1.21. The minimum absolute atomic E-state index is 0.0594. The molecule has 0 saturated heterocycles. The van der Waals surface area contributed by atoms with Crippen molar-refractivity contribution in [2.75, 3.05) is 14.2 Å². The zero-order valence-corrected chi connectivity index (χ0v) is 16.6. The predicted molar refractivity (Wildman–Crippen MR) is 96.6 cm³/mol. The van der Waals surface area contributed by atoms with Gasteiger partial charge in [0.2, 0.25) is 0 Å². The van der Waals surface area contributed by atoms with Gasteiger partial charge in [-0.2, -0.15) is 0 Å². The molecule has 23 heavy (non-hydrogen) atoms. The van der Waals surface area contributed by atoms with Crippen LogP contribution in [0.3, 0.4) is 0 Å². The number of carbonyl (C=O) groups excluding carboxylic acids is 1. The Balaban J connectivity index is 2.87. The van der Waals surface area contributed by atoms with Gasteiger partial charge in [-0.3, -0.25) is 9.63 Å². The van der Waals surface area contributed by atoms with Crippen molar-refractivity contribution in [3.05, 3.63) is 35.9 Å². The summed E-state index contributed by atoms with van der Waals surface area (Å²) in [6.07, 6.45) is 0.994. The summed E-state index contributed by atoms with van der Waals surface area (Å²) >= 11 is 0. The largest absolute Gasteiger partial charge is 0.405 e. The molecule has 1 aromatic rings. The van der Waals surface area contributed by atoms with E-state index >= 15 is 0 Å². The monoisotopic (exact) mass is 337 g/mol. The Morgan fingerprint density at radius 1 is 1.22 bits per heavy atom. The Hall–Kier alpha value is -1.17.